The summed E-state index contributed by atoms with van der Waals surface area (Å²) in [5, 5.41) is 3.72. The number of likely N-dealkylation sites (tertiary alicyclic amines) is 1. The highest BCUT2D eigenvalue weighted by atomic mass is 35.5. The molecule has 1 N–H and O–H groups in total. The van der Waals surface area contributed by atoms with Gasteiger partial charge in [-0.25, -0.2) is 0 Å². The third kappa shape index (κ3) is 5.64. The zero-order chi connectivity index (χ0) is 22.2. The van der Waals surface area contributed by atoms with Crippen molar-refractivity contribution in [3.05, 3.63) is 59.1 Å². The van der Waals surface area contributed by atoms with Crippen LogP contribution in [0.15, 0.2) is 48.5 Å². The van der Waals surface area contributed by atoms with Crippen LogP contribution in [0.4, 0.5) is 5.69 Å². The minimum Gasteiger partial charge on any atom is -0.494 e. The second-order valence-electron chi connectivity index (χ2n) is 8.76. The van der Waals surface area contributed by atoms with E-state index in [2.05, 4.69) is 10.2 Å². The number of benzene rings is 2. The van der Waals surface area contributed by atoms with Crippen LogP contribution in [0.1, 0.15) is 44.1 Å². The number of halogens is 1. The number of piperidine rings is 1. The van der Waals surface area contributed by atoms with E-state index in [0.29, 0.717) is 37.7 Å². The summed E-state index contributed by atoms with van der Waals surface area (Å²) in [6.45, 7) is 5.33. The lowest BCUT2D eigenvalue weighted by Crippen LogP contribution is -2.45. The number of ether oxygens (including phenoxy) is 2. The first-order chi connectivity index (χ1) is 15.7. The Balaban J connectivity index is 1.33. The summed E-state index contributed by atoms with van der Waals surface area (Å²) in [4.78, 5) is 16.0. The summed E-state index contributed by atoms with van der Waals surface area (Å²) in [5.41, 5.74) is 0.949. The molecule has 4 rings (SSSR count). The fourth-order valence-corrected chi connectivity index (χ4v) is 5.05. The molecule has 2 aliphatic heterocycles. The van der Waals surface area contributed by atoms with Crippen LogP contribution in [0.2, 0.25) is 5.02 Å². The van der Waals surface area contributed by atoms with Gasteiger partial charge < -0.3 is 19.7 Å². The molecule has 5 nitrogen and oxygen atoms in total. The van der Waals surface area contributed by atoms with Gasteiger partial charge in [-0.15, -0.1) is 0 Å². The zero-order valence-electron chi connectivity index (χ0n) is 18.7. The SMILES string of the molecule is O=C(Nc1ccc(OCCCN2CCCCC2)cc1)C1(c2ccccc2Cl)CCOCC1. The van der Waals surface area contributed by atoms with Gasteiger partial charge in [0.25, 0.3) is 0 Å². The molecule has 2 fully saturated rings. The van der Waals surface area contributed by atoms with Crippen LogP contribution >= 0.6 is 11.6 Å². The summed E-state index contributed by atoms with van der Waals surface area (Å²) >= 11 is 6.48. The Labute approximate surface area is 196 Å². The summed E-state index contributed by atoms with van der Waals surface area (Å²) in [6, 6.07) is 15.3. The molecule has 2 aromatic carbocycles. The van der Waals surface area contributed by atoms with Gasteiger partial charge in [0.2, 0.25) is 5.91 Å². The van der Waals surface area contributed by atoms with E-state index < -0.39 is 5.41 Å². The van der Waals surface area contributed by atoms with Crippen molar-refractivity contribution in [2.45, 2.75) is 43.9 Å². The molecule has 0 radical (unpaired) electrons. The third-order valence-corrected chi connectivity index (χ3v) is 6.95. The van der Waals surface area contributed by atoms with Gasteiger partial charge >= 0.3 is 0 Å². The molecule has 0 unspecified atom stereocenters. The molecule has 32 heavy (non-hydrogen) atoms. The number of carbonyl (C=O) groups is 1. The second-order valence-corrected chi connectivity index (χ2v) is 9.16. The first kappa shape index (κ1) is 23.1. The lowest BCUT2D eigenvalue weighted by atomic mass is 9.73. The highest BCUT2D eigenvalue weighted by Crippen LogP contribution is 2.39. The molecule has 0 spiro atoms. The van der Waals surface area contributed by atoms with Crippen molar-refractivity contribution in [3.8, 4) is 5.75 Å². The van der Waals surface area contributed by atoms with Gasteiger partial charge in [-0.1, -0.05) is 36.2 Å². The maximum absolute atomic E-state index is 13.4. The number of nitrogens with zero attached hydrogens (tertiary/aromatic N) is 1. The molecule has 2 aliphatic rings. The molecule has 2 aromatic rings. The Bertz CT molecular complexity index is 875. The molecular formula is C26H33ClN2O3. The van der Waals surface area contributed by atoms with Crippen LogP contribution < -0.4 is 10.1 Å². The van der Waals surface area contributed by atoms with Crippen LogP contribution in [0, 0.1) is 0 Å². The number of hydrogen-bond acceptors (Lipinski definition) is 4. The van der Waals surface area contributed by atoms with Crippen molar-refractivity contribution in [2.24, 2.45) is 0 Å². The molecule has 0 saturated carbocycles. The van der Waals surface area contributed by atoms with E-state index in [1.165, 1.54) is 32.4 Å². The largest absolute Gasteiger partial charge is 0.494 e. The Kier molecular flexibility index (Phi) is 8.06. The van der Waals surface area contributed by atoms with E-state index in [1.54, 1.807) is 0 Å². The minimum absolute atomic E-state index is 0.0379. The molecule has 0 aromatic heterocycles. The lowest BCUT2D eigenvalue weighted by molar-refractivity contribution is -0.125. The highest BCUT2D eigenvalue weighted by molar-refractivity contribution is 6.31. The first-order valence-electron chi connectivity index (χ1n) is 11.8. The average molecular weight is 457 g/mol. The number of hydrogen-bond donors (Lipinski definition) is 1. The number of amides is 1. The fraction of sp³-hybridized carbons (Fsp3) is 0.500. The van der Waals surface area contributed by atoms with Crippen molar-refractivity contribution >= 4 is 23.2 Å². The quantitative estimate of drug-likeness (QED) is 0.549. The molecule has 1 amide bonds. The van der Waals surface area contributed by atoms with Crippen molar-refractivity contribution in [2.75, 3.05) is 44.8 Å². The van der Waals surface area contributed by atoms with Gasteiger partial charge in [-0.05, 0) is 81.1 Å². The topological polar surface area (TPSA) is 50.8 Å². The van der Waals surface area contributed by atoms with Gasteiger partial charge in [0.15, 0.2) is 0 Å². The number of nitrogens with one attached hydrogen (secondary N) is 1. The van der Waals surface area contributed by atoms with Crippen LogP contribution in [0.25, 0.3) is 0 Å². The van der Waals surface area contributed by atoms with E-state index >= 15 is 0 Å². The zero-order valence-corrected chi connectivity index (χ0v) is 19.4. The highest BCUT2D eigenvalue weighted by Gasteiger charge is 2.43. The van der Waals surface area contributed by atoms with Crippen molar-refractivity contribution in [3.63, 3.8) is 0 Å². The van der Waals surface area contributed by atoms with Gasteiger partial charge in [0, 0.05) is 30.5 Å². The van der Waals surface area contributed by atoms with Crippen LogP contribution in [-0.2, 0) is 14.9 Å². The summed E-state index contributed by atoms with van der Waals surface area (Å²) < 4.78 is 11.4. The first-order valence-corrected chi connectivity index (χ1v) is 12.1. The fourth-order valence-electron chi connectivity index (χ4n) is 4.73. The van der Waals surface area contributed by atoms with Crippen molar-refractivity contribution in [1.82, 2.24) is 4.90 Å². The summed E-state index contributed by atoms with van der Waals surface area (Å²) in [5.74, 6) is 0.789. The maximum Gasteiger partial charge on any atom is 0.235 e. The molecule has 2 heterocycles. The van der Waals surface area contributed by atoms with Gasteiger partial charge in [0.1, 0.15) is 5.75 Å². The maximum atomic E-state index is 13.4. The lowest BCUT2D eigenvalue weighted by Gasteiger charge is -2.36. The third-order valence-electron chi connectivity index (χ3n) is 6.62. The minimum atomic E-state index is -0.680. The smallest absolute Gasteiger partial charge is 0.235 e. The van der Waals surface area contributed by atoms with E-state index in [1.807, 2.05) is 48.5 Å². The Morgan fingerprint density at radius 1 is 1.03 bits per heavy atom. The van der Waals surface area contributed by atoms with E-state index in [-0.39, 0.29) is 5.91 Å². The molecule has 172 valence electrons. The Morgan fingerprint density at radius 2 is 1.75 bits per heavy atom. The van der Waals surface area contributed by atoms with Crippen LogP contribution in [0.3, 0.4) is 0 Å². The van der Waals surface area contributed by atoms with E-state index in [9.17, 15) is 4.79 Å². The number of anilines is 1. The monoisotopic (exact) mass is 456 g/mol. The molecule has 2 saturated heterocycles. The molecule has 6 heteroatoms. The standard InChI is InChI=1S/C26H33ClN2O3/c27-24-8-3-2-7-23(24)26(13-19-31-20-14-26)25(30)28-21-9-11-22(12-10-21)32-18-6-17-29-15-4-1-5-16-29/h2-3,7-12H,1,4-6,13-20H2,(H,28,30). The molecule has 0 aliphatic carbocycles. The van der Waals surface area contributed by atoms with E-state index in [4.69, 9.17) is 21.1 Å². The number of carbonyl (C=O) groups excluding carboxylic acids is 1. The van der Waals surface area contributed by atoms with Gasteiger partial charge in [-0.2, -0.15) is 0 Å². The Morgan fingerprint density at radius 3 is 2.47 bits per heavy atom. The molecule has 0 bridgehead atoms. The summed E-state index contributed by atoms with van der Waals surface area (Å²) in [6.07, 6.45) is 6.25. The normalized spacial score (nSPS) is 18.8. The van der Waals surface area contributed by atoms with Crippen molar-refractivity contribution in [1.29, 1.82) is 0 Å². The predicted octanol–water partition coefficient (Wildman–Crippen LogP) is 5.28. The average Bonchev–Trinajstić information content (AvgIpc) is 2.84. The van der Waals surface area contributed by atoms with E-state index in [0.717, 1.165) is 30.0 Å². The molecule has 0 atom stereocenters. The van der Waals surface area contributed by atoms with Gasteiger partial charge in [-0.3, -0.25) is 4.79 Å². The van der Waals surface area contributed by atoms with Crippen molar-refractivity contribution < 1.29 is 14.3 Å². The predicted molar refractivity (Wildman–Crippen MR) is 129 cm³/mol. The Hall–Kier alpha value is -2.08. The van der Waals surface area contributed by atoms with Gasteiger partial charge in [0.05, 0.1) is 12.0 Å². The molecular weight excluding hydrogens is 424 g/mol. The number of rotatable bonds is 8. The summed E-state index contributed by atoms with van der Waals surface area (Å²) in [7, 11) is 0. The second kappa shape index (κ2) is 11.2. The van der Waals surface area contributed by atoms with Crippen LogP contribution in [0.5, 0.6) is 5.75 Å². The van der Waals surface area contributed by atoms with Crippen LogP contribution in [-0.4, -0.2) is 50.3 Å².